The van der Waals surface area contributed by atoms with Gasteiger partial charge in [-0.3, -0.25) is 4.79 Å². The summed E-state index contributed by atoms with van der Waals surface area (Å²) in [7, 11) is 0. The van der Waals surface area contributed by atoms with Gasteiger partial charge in [0.25, 0.3) is 0 Å². The van der Waals surface area contributed by atoms with Gasteiger partial charge in [-0.05, 0) is 32.1 Å². The third-order valence-electron chi connectivity index (χ3n) is 3.56. The Labute approximate surface area is 79.3 Å². The van der Waals surface area contributed by atoms with E-state index in [9.17, 15) is 4.79 Å². The molecule has 3 nitrogen and oxygen atoms in total. The summed E-state index contributed by atoms with van der Waals surface area (Å²) < 4.78 is 0. The fourth-order valence-corrected chi connectivity index (χ4v) is 2.39. The minimum atomic E-state index is -0.0341. The zero-order chi connectivity index (χ0) is 9.47. The smallest absolute Gasteiger partial charge is 0.223 e. The lowest BCUT2D eigenvalue weighted by molar-refractivity contribution is -0.133. The maximum Gasteiger partial charge on any atom is 0.223 e. The molecule has 1 aliphatic heterocycles. The molecule has 0 radical (unpaired) electrons. The van der Waals surface area contributed by atoms with Crippen LogP contribution in [0, 0.1) is 5.92 Å². The summed E-state index contributed by atoms with van der Waals surface area (Å²) in [6.07, 6.45) is 4.23. The molecule has 2 aliphatic rings. The van der Waals surface area contributed by atoms with E-state index in [4.69, 9.17) is 5.73 Å². The van der Waals surface area contributed by atoms with Crippen molar-refractivity contribution in [3.05, 3.63) is 0 Å². The van der Waals surface area contributed by atoms with Gasteiger partial charge in [0.15, 0.2) is 0 Å². The van der Waals surface area contributed by atoms with Crippen LogP contribution in [0.25, 0.3) is 0 Å². The predicted octanol–water partition coefficient (Wildman–Crippen LogP) is 0.736. The zero-order valence-electron chi connectivity index (χ0n) is 8.25. The van der Waals surface area contributed by atoms with Crippen LogP contribution in [-0.2, 0) is 4.79 Å². The Morgan fingerprint density at radius 3 is 2.69 bits per heavy atom. The minimum Gasteiger partial charge on any atom is -0.336 e. The van der Waals surface area contributed by atoms with Crippen molar-refractivity contribution >= 4 is 5.91 Å². The van der Waals surface area contributed by atoms with Gasteiger partial charge in [0, 0.05) is 19.5 Å². The summed E-state index contributed by atoms with van der Waals surface area (Å²) in [6, 6.07) is 0. The third kappa shape index (κ3) is 1.35. The molecule has 0 bridgehead atoms. The molecule has 74 valence electrons. The Kier molecular flexibility index (Phi) is 2.06. The highest BCUT2D eigenvalue weighted by molar-refractivity contribution is 5.79. The number of amides is 1. The second-order valence-electron chi connectivity index (χ2n) is 4.48. The molecule has 1 unspecified atom stereocenters. The number of carbonyl (C=O) groups excluding carboxylic acids is 1. The van der Waals surface area contributed by atoms with E-state index < -0.39 is 0 Å². The lowest BCUT2D eigenvalue weighted by Gasteiger charge is -2.38. The number of carbonyl (C=O) groups is 1. The highest BCUT2D eigenvalue weighted by Crippen LogP contribution is 2.43. The maximum atomic E-state index is 11.6. The number of nitrogens with zero attached hydrogens (tertiary/aromatic N) is 1. The molecule has 0 spiro atoms. The molecule has 0 aromatic heterocycles. The van der Waals surface area contributed by atoms with Crippen molar-refractivity contribution in [3.63, 3.8) is 0 Å². The predicted molar refractivity (Wildman–Crippen MR) is 51.1 cm³/mol. The lowest BCUT2D eigenvalue weighted by Crippen LogP contribution is -2.53. The van der Waals surface area contributed by atoms with Gasteiger partial charge >= 0.3 is 0 Å². The molecule has 1 saturated heterocycles. The normalized spacial score (nSPS) is 27.8. The van der Waals surface area contributed by atoms with Crippen LogP contribution in [0.5, 0.6) is 0 Å². The van der Waals surface area contributed by atoms with Crippen LogP contribution >= 0.6 is 0 Å². The number of nitrogens with two attached hydrogens (primary N) is 1. The van der Waals surface area contributed by atoms with Crippen molar-refractivity contribution in [3.8, 4) is 0 Å². The van der Waals surface area contributed by atoms with E-state index in [0.29, 0.717) is 18.4 Å². The Morgan fingerprint density at radius 2 is 2.31 bits per heavy atom. The van der Waals surface area contributed by atoms with Gasteiger partial charge in [0.2, 0.25) is 5.91 Å². The van der Waals surface area contributed by atoms with Gasteiger partial charge in [-0.25, -0.2) is 0 Å². The molecule has 13 heavy (non-hydrogen) atoms. The van der Waals surface area contributed by atoms with Crippen LogP contribution < -0.4 is 5.73 Å². The molecular weight excluding hydrogens is 164 g/mol. The number of hydrogen-bond donors (Lipinski definition) is 1. The topological polar surface area (TPSA) is 46.3 Å². The Bertz CT molecular complexity index is 225. The summed E-state index contributed by atoms with van der Waals surface area (Å²) in [5, 5.41) is 0. The monoisotopic (exact) mass is 182 g/mol. The molecular formula is C10H18N2O. The Hall–Kier alpha value is -0.570. The van der Waals surface area contributed by atoms with Crippen molar-refractivity contribution in [1.29, 1.82) is 0 Å². The fourth-order valence-electron chi connectivity index (χ4n) is 2.39. The summed E-state index contributed by atoms with van der Waals surface area (Å²) in [6.45, 7) is 3.68. The molecule has 1 saturated carbocycles. The van der Waals surface area contributed by atoms with Crippen LogP contribution in [0.2, 0.25) is 0 Å². The average Bonchev–Trinajstić information content (AvgIpc) is 2.89. The third-order valence-corrected chi connectivity index (χ3v) is 3.56. The van der Waals surface area contributed by atoms with Gasteiger partial charge in [-0.2, -0.15) is 0 Å². The second-order valence-corrected chi connectivity index (χ2v) is 4.48. The Morgan fingerprint density at radius 1 is 1.62 bits per heavy atom. The number of rotatable bonds is 3. The summed E-state index contributed by atoms with van der Waals surface area (Å²) in [5.41, 5.74) is 5.76. The molecule has 1 atom stereocenters. The van der Waals surface area contributed by atoms with Gasteiger partial charge in [0.1, 0.15) is 0 Å². The van der Waals surface area contributed by atoms with Crippen LogP contribution in [0.15, 0.2) is 0 Å². The van der Waals surface area contributed by atoms with E-state index in [1.807, 2.05) is 4.90 Å². The van der Waals surface area contributed by atoms with Crippen molar-refractivity contribution in [2.45, 2.75) is 38.1 Å². The maximum absolute atomic E-state index is 11.6. The van der Waals surface area contributed by atoms with Crippen molar-refractivity contribution < 1.29 is 4.79 Å². The van der Waals surface area contributed by atoms with Crippen LogP contribution in [0.1, 0.15) is 32.6 Å². The SMILES string of the molecule is CC(CN)(C1CC1)N1CCCC1=O. The van der Waals surface area contributed by atoms with E-state index in [-0.39, 0.29) is 5.54 Å². The molecule has 2 fully saturated rings. The zero-order valence-corrected chi connectivity index (χ0v) is 8.25. The first-order valence-corrected chi connectivity index (χ1v) is 5.19. The first-order valence-electron chi connectivity index (χ1n) is 5.19. The second kappa shape index (κ2) is 2.98. The van der Waals surface area contributed by atoms with Crippen LogP contribution in [-0.4, -0.2) is 29.4 Å². The molecule has 1 amide bonds. The highest BCUT2D eigenvalue weighted by atomic mass is 16.2. The molecule has 3 heteroatoms. The van der Waals surface area contributed by atoms with Gasteiger partial charge in [0.05, 0.1) is 5.54 Å². The van der Waals surface area contributed by atoms with E-state index in [2.05, 4.69) is 6.92 Å². The van der Waals surface area contributed by atoms with Gasteiger partial charge in [-0.15, -0.1) is 0 Å². The fraction of sp³-hybridized carbons (Fsp3) is 0.900. The number of likely N-dealkylation sites (tertiary alicyclic amines) is 1. The van der Waals surface area contributed by atoms with E-state index >= 15 is 0 Å². The van der Waals surface area contributed by atoms with E-state index in [1.165, 1.54) is 12.8 Å². The highest BCUT2D eigenvalue weighted by Gasteiger charge is 2.47. The summed E-state index contributed by atoms with van der Waals surface area (Å²) >= 11 is 0. The number of hydrogen-bond acceptors (Lipinski definition) is 2. The van der Waals surface area contributed by atoms with E-state index in [0.717, 1.165) is 19.4 Å². The Balaban J connectivity index is 2.14. The first-order chi connectivity index (χ1) is 6.18. The molecule has 0 aromatic carbocycles. The van der Waals surface area contributed by atoms with Crippen molar-refractivity contribution in [2.24, 2.45) is 11.7 Å². The van der Waals surface area contributed by atoms with Crippen molar-refractivity contribution in [2.75, 3.05) is 13.1 Å². The first kappa shape index (κ1) is 9.00. The lowest BCUT2D eigenvalue weighted by atomic mass is 9.94. The van der Waals surface area contributed by atoms with Gasteiger partial charge < -0.3 is 10.6 Å². The quantitative estimate of drug-likeness (QED) is 0.699. The van der Waals surface area contributed by atoms with Crippen LogP contribution in [0.3, 0.4) is 0 Å². The van der Waals surface area contributed by atoms with Gasteiger partial charge in [-0.1, -0.05) is 0 Å². The van der Waals surface area contributed by atoms with E-state index in [1.54, 1.807) is 0 Å². The molecule has 0 aromatic rings. The van der Waals surface area contributed by atoms with Crippen LogP contribution in [0.4, 0.5) is 0 Å². The molecule has 2 N–H and O–H groups in total. The minimum absolute atomic E-state index is 0.0341. The molecule has 1 aliphatic carbocycles. The molecule has 1 heterocycles. The summed E-state index contributed by atoms with van der Waals surface area (Å²) in [4.78, 5) is 13.6. The van der Waals surface area contributed by atoms with Crippen molar-refractivity contribution in [1.82, 2.24) is 4.90 Å². The largest absolute Gasteiger partial charge is 0.336 e. The standard InChI is InChI=1S/C10H18N2O/c1-10(7-11,8-4-5-8)12-6-2-3-9(12)13/h8H,2-7,11H2,1H3. The summed E-state index contributed by atoms with van der Waals surface area (Å²) in [5.74, 6) is 0.972. The molecule has 2 rings (SSSR count). The average molecular weight is 182 g/mol.